The Morgan fingerprint density at radius 1 is 1.06 bits per heavy atom. The van der Waals surface area contributed by atoms with Gasteiger partial charge in [0.05, 0.1) is 16.9 Å². The van der Waals surface area contributed by atoms with E-state index in [0.717, 1.165) is 28.3 Å². The molecule has 0 unspecified atom stereocenters. The molecule has 0 saturated carbocycles. The molecular weight excluding hydrogens is 432 g/mol. The molecule has 0 aliphatic rings. The van der Waals surface area contributed by atoms with Gasteiger partial charge in [-0.15, -0.1) is 11.3 Å². The molecule has 0 radical (unpaired) electrons. The minimum atomic E-state index is -0.153. The monoisotopic (exact) mass is 460 g/mol. The van der Waals surface area contributed by atoms with Gasteiger partial charge in [-0.1, -0.05) is 32.9 Å². The Bertz CT molecular complexity index is 1370. The Kier molecular flexibility index (Phi) is 6.17. The maximum Gasteiger partial charge on any atom is 0.264 e. The fourth-order valence-corrected chi connectivity index (χ4v) is 4.23. The van der Waals surface area contributed by atoms with Gasteiger partial charge >= 0.3 is 0 Å². The van der Waals surface area contributed by atoms with E-state index >= 15 is 0 Å². The van der Waals surface area contributed by atoms with Crippen LogP contribution < -0.4 is 10.3 Å². The Balaban J connectivity index is 1.69. The van der Waals surface area contributed by atoms with Crippen LogP contribution in [0.25, 0.3) is 16.9 Å². The molecule has 33 heavy (non-hydrogen) atoms. The SMILES string of the molecule is Cc1cc(COc2nc(C)n(-c3cccc(-c4ccnc(C(C)(C)C)n4)c3)c(=O)c2C)cs1. The highest BCUT2D eigenvalue weighted by Crippen LogP contribution is 2.25. The van der Waals surface area contributed by atoms with E-state index in [0.29, 0.717) is 23.9 Å². The van der Waals surface area contributed by atoms with Crippen LogP contribution in [0.4, 0.5) is 0 Å². The highest BCUT2D eigenvalue weighted by atomic mass is 32.1. The van der Waals surface area contributed by atoms with Gasteiger partial charge in [-0.3, -0.25) is 9.36 Å². The first-order valence-corrected chi connectivity index (χ1v) is 11.7. The minimum absolute atomic E-state index is 0.144. The lowest BCUT2D eigenvalue weighted by atomic mass is 9.95. The Morgan fingerprint density at radius 2 is 1.85 bits per heavy atom. The van der Waals surface area contributed by atoms with Crippen molar-refractivity contribution >= 4 is 11.3 Å². The number of benzene rings is 1. The van der Waals surface area contributed by atoms with Gasteiger partial charge in [-0.05, 0) is 50.4 Å². The molecule has 3 heterocycles. The van der Waals surface area contributed by atoms with Crippen molar-refractivity contribution in [1.82, 2.24) is 19.5 Å². The Hall–Kier alpha value is -3.32. The van der Waals surface area contributed by atoms with Crippen LogP contribution in [0.3, 0.4) is 0 Å². The average Bonchev–Trinajstić information content (AvgIpc) is 3.20. The second-order valence-electron chi connectivity index (χ2n) is 9.15. The van der Waals surface area contributed by atoms with Crippen LogP contribution in [0, 0.1) is 20.8 Å². The van der Waals surface area contributed by atoms with E-state index in [-0.39, 0.29) is 11.0 Å². The standard InChI is InChI=1S/C26H28N4O2S/c1-16-12-19(15-33-16)14-32-23-17(2)24(31)30(18(3)28-23)21-9-7-8-20(13-21)22-10-11-27-25(29-22)26(4,5)6/h7-13,15H,14H2,1-6H3. The van der Waals surface area contributed by atoms with Gasteiger partial charge in [0.1, 0.15) is 18.3 Å². The van der Waals surface area contributed by atoms with Crippen molar-refractivity contribution < 1.29 is 4.74 Å². The van der Waals surface area contributed by atoms with Gasteiger partial charge in [0.2, 0.25) is 5.88 Å². The predicted molar refractivity (Wildman–Crippen MR) is 132 cm³/mol. The lowest BCUT2D eigenvalue weighted by Crippen LogP contribution is -2.25. The van der Waals surface area contributed by atoms with Crippen molar-refractivity contribution in [3.05, 3.63) is 86.0 Å². The lowest BCUT2D eigenvalue weighted by molar-refractivity contribution is 0.289. The van der Waals surface area contributed by atoms with E-state index in [4.69, 9.17) is 9.72 Å². The summed E-state index contributed by atoms with van der Waals surface area (Å²) in [5, 5.41) is 2.06. The molecule has 0 bridgehead atoms. The summed E-state index contributed by atoms with van der Waals surface area (Å²) in [6.07, 6.45) is 1.78. The summed E-state index contributed by atoms with van der Waals surface area (Å²) < 4.78 is 7.51. The number of hydrogen-bond acceptors (Lipinski definition) is 6. The molecule has 0 amide bonds. The molecule has 4 rings (SSSR count). The average molecular weight is 461 g/mol. The van der Waals surface area contributed by atoms with Gasteiger partial charge in [-0.25, -0.2) is 9.97 Å². The smallest absolute Gasteiger partial charge is 0.264 e. The second kappa shape index (κ2) is 8.90. The van der Waals surface area contributed by atoms with Crippen molar-refractivity contribution in [2.24, 2.45) is 0 Å². The van der Waals surface area contributed by atoms with Gasteiger partial charge in [0.15, 0.2) is 0 Å². The molecule has 0 atom stereocenters. The molecule has 6 nitrogen and oxygen atoms in total. The van der Waals surface area contributed by atoms with E-state index in [1.54, 1.807) is 29.0 Å². The maximum atomic E-state index is 13.3. The Morgan fingerprint density at radius 3 is 2.55 bits per heavy atom. The van der Waals surface area contributed by atoms with Gasteiger partial charge in [0, 0.05) is 27.6 Å². The number of aryl methyl sites for hydroxylation is 2. The van der Waals surface area contributed by atoms with Crippen molar-refractivity contribution in [3.63, 3.8) is 0 Å². The zero-order chi connectivity index (χ0) is 23.8. The lowest BCUT2D eigenvalue weighted by Gasteiger charge is -2.17. The molecule has 0 N–H and O–H groups in total. The van der Waals surface area contributed by atoms with Crippen LogP contribution in [-0.4, -0.2) is 19.5 Å². The van der Waals surface area contributed by atoms with Crippen molar-refractivity contribution in [2.45, 2.75) is 53.6 Å². The van der Waals surface area contributed by atoms with Crippen molar-refractivity contribution in [1.29, 1.82) is 0 Å². The minimum Gasteiger partial charge on any atom is -0.472 e. The third-order valence-electron chi connectivity index (χ3n) is 5.32. The summed E-state index contributed by atoms with van der Waals surface area (Å²) in [7, 11) is 0. The molecule has 7 heteroatoms. The fraction of sp³-hybridized carbons (Fsp3) is 0.308. The van der Waals surface area contributed by atoms with E-state index in [9.17, 15) is 4.79 Å². The van der Waals surface area contributed by atoms with Crippen LogP contribution >= 0.6 is 11.3 Å². The van der Waals surface area contributed by atoms with Crippen LogP contribution in [0.1, 0.15) is 48.4 Å². The molecule has 4 aromatic rings. The van der Waals surface area contributed by atoms with Crippen LogP contribution in [0.15, 0.2) is 52.8 Å². The number of aromatic nitrogens is 4. The number of thiophene rings is 1. The van der Waals surface area contributed by atoms with E-state index < -0.39 is 0 Å². The van der Waals surface area contributed by atoms with E-state index in [1.165, 1.54) is 4.88 Å². The largest absolute Gasteiger partial charge is 0.472 e. The summed E-state index contributed by atoms with van der Waals surface area (Å²) in [5.74, 6) is 1.72. The molecule has 0 fully saturated rings. The number of ether oxygens (including phenoxy) is 1. The second-order valence-corrected chi connectivity index (χ2v) is 10.3. The quantitative estimate of drug-likeness (QED) is 0.390. The molecular formula is C26H28N4O2S. The molecule has 0 aliphatic carbocycles. The summed E-state index contributed by atoms with van der Waals surface area (Å²) in [6.45, 7) is 12.3. The molecule has 0 aliphatic heterocycles. The summed E-state index contributed by atoms with van der Waals surface area (Å²) in [5.41, 5.74) is 3.73. The van der Waals surface area contributed by atoms with E-state index in [1.807, 2.05) is 37.3 Å². The van der Waals surface area contributed by atoms with Gasteiger partial charge in [0.25, 0.3) is 5.56 Å². The first-order valence-electron chi connectivity index (χ1n) is 10.8. The Labute approximate surface area is 198 Å². The first-order chi connectivity index (χ1) is 15.6. The van der Waals surface area contributed by atoms with E-state index in [2.05, 4.69) is 49.1 Å². The maximum absolute atomic E-state index is 13.3. The number of rotatable bonds is 5. The normalized spacial score (nSPS) is 11.6. The van der Waals surface area contributed by atoms with Crippen molar-refractivity contribution in [2.75, 3.05) is 0 Å². The molecule has 3 aromatic heterocycles. The molecule has 0 saturated heterocycles. The predicted octanol–water partition coefficient (Wildman–Crippen LogP) is 5.55. The summed E-state index contributed by atoms with van der Waals surface area (Å²) in [6, 6.07) is 11.7. The van der Waals surface area contributed by atoms with Crippen LogP contribution in [0.2, 0.25) is 0 Å². The number of hydrogen-bond donors (Lipinski definition) is 0. The molecule has 0 spiro atoms. The summed E-state index contributed by atoms with van der Waals surface area (Å²) in [4.78, 5) is 28.3. The summed E-state index contributed by atoms with van der Waals surface area (Å²) >= 11 is 1.68. The third-order valence-corrected chi connectivity index (χ3v) is 6.23. The highest BCUT2D eigenvalue weighted by Gasteiger charge is 2.18. The van der Waals surface area contributed by atoms with Crippen LogP contribution in [-0.2, 0) is 12.0 Å². The topological polar surface area (TPSA) is 69.9 Å². The van der Waals surface area contributed by atoms with Crippen LogP contribution in [0.5, 0.6) is 5.88 Å². The zero-order valence-corrected chi connectivity index (χ0v) is 20.7. The highest BCUT2D eigenvalue weighted by molar-refractivity contribution is 7.10. The zero-order valence-electron chi connectivity index (χ0n) is 19.8. The van der Waals surface area contributed by atoms with Gasteiger partial charge in [-0.2, -0.15) is 4.98 Å². The number of nitrogens with zero attached hydrogens (tertiary/aromatic N) is 4. The van der Waals surface area contributed by atoms with Gasteiger partial charge < -0.3 is 4.74 Å². The molecule has 170 valence electrons. The third kappa shape index (κ3) is 4.88. The van der Waals surface area contributed by atoms with Crippen molar-refractivity contribution in [3.8, 4) is 22.8 Å². The first kappa shape index (κ1) is 22.9. The fourth-order valence-electron chi connectivity index (χ4n) is 3.54. The molecule has 1 aromatic carbocycles.